The van der Waals surface area contributed by atoms with Gasteiger partial charge in [-0.2, -0.15) is 0 Å². The van der Waals surface area contributed by atoms with Crippen LogP contribution in [0.5, 0.6) is 0 Å². The van der Waals surface area contributed by atoms with E-state index in [0.717, 1.165) is 6.42 Å². The molecule has 5 unspecified atom stereocenters. The van der Waals surface area contributed by atoms with E-state index in [2.05, 4.69) is 6.58 Å². The van der Waals surface area contributed by atoms with Crippen LogP contribution in [0.3, 0.4) is 0 Å². The smallest absolute Gasteiger partial charge is 0.333 e. The van der Waals surface area contributed by atoms with Crippen LogP contribution in [0.2, 0.25) is 0 Å². The number of carbonyl (C=O) groups is 1. The van der Waals surface area contributed by atoms with E-state index < -0.39 is 16.7 Å². The molecule has 0 aromatic heterocycles. The summed E-state index contributed by atoms with van der Waals surface area (Å²) in [6, 6.07) is 0. The molecule has 16 heavy (non-hydrogen) atoms. The molecule has 1 saturated heterocycles. The van der Waals surface area contributed by atoms with Crippen molar-refractivity contribution in [3.05, 3.63) is 12.2 Å². The second-order valence-electron chi connectivity index (χ2n) is 5.06. The Kier molecular flexibility index (Phi) is 2.07. The summed E-state index contributed by atoms with van der Waals surface area (Å²) in [5, 5.41) is 0.0664. The van der Waals surface area contributed by atoms with E-state index in [0.29, 0.717) is 24.3 Å². The molecule has 0 aromatic rings. The average Bonchev–Trinajstić information content (AvgIpc) is 2.74. The Bertz CT molecular complexity index is 401. The first-order chi connectivity index (χ1) is 7.51. The van der Waals surface area contributed by atoms with Gasteiger partial charge in [0, 0.05) is 24.3 Å². The lowest BCUT2D eigenvalue weighted by atomic mass is 9.94. The Labute approximate surface area is 96.7 Å². The van der Waals surface area contributed by atoms with Gasteiger partial charge in [-0.05, 0) is 13.3 Å². The Morgan fingerprint density at radius 2 is 2.25 bits per heavy atom. The molecule has 0 N–H and O–H groups in total. The highest BCUT2D eigenvalue weighted by Gasteiger charge is 2.64. The molecule has 3 fully saturated rings. The molecule has 0 amide bonds. The number of fused-ring (bicyclic) bond motifs is 1. The standard InChI is InChI=1S/C11H14O4S/c1-6(2)10(12)14-11-3-7-8(4-11)15-16(13)9(7)5-11/h7-9H,1,3-5H2,2H3. The van der Waals surface area contributed by atoms with Crippen LogP contribution in [0.1, 0.15) is 26.2 Å². The lowest BCUT2D eigenvalue weighted by molar-refractivity contribution is -0.154. The van der Waals surface area contributed by atoms with Crippen molar-refractivity contribution < 1.29 is 17.9 Å². The van der Waals surface area contributed by atoms with Gasteiger partial charge < -0.3 is 4.74 Å². The molecule has 1 heterocycles. The quantitative estimate of drug-likeness (QED) is 0.537. The third-order valence-corrected chi connectivity index (χ3v) is 5.28. The van der Waals surface area contributed by atoms with Gasteiger partial charge in [0.15, 0.2) is 11.1 Å². The number of carbonyl (C=O) groups excluding carboxylic acids is 1. The number of ether oxygens (including phenoxy) is 1. The first-order valence-electron chi connectivity index (χ1n) is 5.47. The number of rotatable bonds is 2. The van der Waals surface area contributed by atoms with Gasteiger partial charge in [0.2, 0.25) is 0 Å². The largest absolute Gasteiger partial charge is 0.456 e. The molecule has 0 radical (unpaired) electrons. The Hall–Kier alpha value is -0.680. The zero-order chi connectivity index (χ0) is 11.5. The van der Waals surface area contributed by atoms with E-state index in [1.54, 1.807) is 6.92 Å². The van der Waals surface area contributed by atoms with Crippen molar-refractivity contribution in [1.29, 1.82) is 0 Å². The van der Waals surface area contributed by atoms with Gasteiger partial charge in [-0.3, -0.25) is 4.18 Å². The second kappa shape index (κ2) is 3.17. The normalized spacial score (nSPS) is 48.3. The Morgan fingerprint density at radius 3 is 2.81 bits per heavy atom. The van der Waals surface area contributed by atoms with Crippen LogP contribution in [0, 0.1) is 5.92 Å². The van der Waals surface area contributed by atoms with Gasteiger partial charge >= 0.3 is 5.97 Å². The summed E-state index contributed by atoms with van der Waals surface area (Å²) >= 11 is -1.18. The monoisotopic (exact) mass is 242 g/mol. The predicted octanol–water partition coefficient (Wildman–Crippen LogP) is 1.09. The average molecular weight is 242 g/mol. The summed E-state index contributed by atoms with van der Waals surface area (Å²) in [5.74, 6) is -0.0218. The van der Waals surface area contributed by atoms with Gasteiger partial charge in [-0.1, -0.05) is 6.58 Å². The highest BCUT2D eigenvalue weighted by atomic mass is 32.2. The number of hydrogen-bond donors (Lipinski definition) is 0. The zero-order valence-corrected chi connectivity index (χ0v) is 9.92. The van der Waals surface area contributed by atoms with Crippen LogP contribution in [0.15, 0.2) is 12.2 Å². The highest BCUT2D eigenvalue weighted by molar-refractivity contribution is 7.81. The molecule has 5 heteroatoms. The molecule has 2 aliphatic carbocycles. The fourth-order valence-corrected chi connectivity index (χ4v) is 4.73. The van der Waals surface area contributed by atoms with Crippen molar-refractivity contribution in [2.75, 3.05) is 0 Å². The summed E-state index contributed by atoms with van der Waals surface area (Å²) in [4.78, 5) is 11.6. The maximum Gasteiger partial charge on any atom is 0.333 e. The summed E-state index contributed by atoms with van der Waals surface area (Å²) in [5.41, 5.74) is -0.0125. The maximum atomic E-state index is 11.6. The molecular weight excluding hydrogens is 228 g/mol. The maximum absolute atomic E-state index is 11.6. The minimum Gasteiger partial charge on any atom is -0.456 e. The molecule has 1 aliphatic heterocycles. The molecule has 0 aromatic carbocycles. The van der Waals surface area contributed by atoms with E-state index in [4.69, 9.17) is 8.92 Å². The van der Waals surface area contributed by atoms with Crippen molar-refractivity contribution >= 4 is 17.0 Å². The van der Waals surface area contributed by atoms with Crippen LogP contribution in [-0.2, 0) is 24.8 Å². The first-order valence-corrected chi connectivity index (χ1v) is 6.61. The zero-order valence-electron chi connectivity index (χ0n) is 9.10. The van der Waals surface area contributed by atoms with Gasteiger partial charge in [0.1, 0.15) is 5.60 Å². The van der Waals surface area contributed by atoms with Gasteiger partial charge in [-0.25, -0.2) is 9.00 Å². The van der Waals surface area contributed by atoms with Crippen LogP contribution in [0.4, 0.5) is 0 Å². The Balaban J connectivity index is 1.81. The summed E-state index contributed by atoms with van der Waals surface area (Å²) in [6.07, 6.45) is 2.20. The highest BCUT2D eigenvalue weighted by Crippen LogP contribution is 2.57. The number of hydrogen-bond acceptors (Lipinski definition) is 4. The van der Waals surface area contributed by atoms with Crippen LogP contribution < -0.4 is 0 Å². The van der Waals surface area contributed by atoms with E-state index in [-0.39, 0.29) is 17.3 Å². The Morgan fingerprint density at radius 1 is 1.50 bits per heavy atom. The molecule has 5 atom stereocenters. The number of esters is 1. The lowest BCUT2D eigenvalue weighted by Gasteiger charge is -2.27. The van der Waals surface area contributed by atoms with E-state index in [9.17, 15) is 9.00 Å². The van der Waals surface area contributed by atoms with Crippen LogP contribution in [0.25, 0.3) is 0 Å². The molecule has 2 bridgehead atoms. The SMILES string of the molecule is C=C(C)C(=O)OC12CC3OS(=O)C(C1)C3C2. The third-order valence-electron chi connectivity index (χ3n) is 3.83. The van der Waals surface area contributed by atoms with Gasteiger partial charge in [0.05, 0.1) is 11.4 Å². The molecule has 2 saturated carbocycles. The fourth-order valence-electron chi connectivity index (χ4n) is 3.14. The van der Waals surface area contributed by atoms with E-state index in [1.807, 2.05) is 0 Å². The summed E-state index contributed by atoms with van der Waals surface area (Å²) < 4.78 is 22.5. The van der Waals surface area contributed by atoms with Crippen molar-refractivity contribution in [2.24, 2.45) is 5.92 Å². The predicted molar refractivity (Wildman–Crippen MR) is 57.8 cm³/mol. The van der Waals surface area contributed by atoms with Crippen molar-refractivity contribution in [3.63, 3.8) is 0 Å². The van der Waals surface area contributed by atoms with Crippen molar-refractivity contribution in [3.8, 4) is 0 Å². The molecule has 88 valence electrons. The topological polar surface area (TPSA) is 52.6 Å². The lowest BCUT2D eigenvalue weighted by Crippen LogP contribution is -2.34. The van der Waals surface area contributed by atoms with Crippen LogP contribution in [-0.4, -0.2) is 27.1 Å². The second-order valence-corrected chi connectivity index (χ2v) is 6.38. The molecule has 3 rings (SSSR count). The van der Waals surface area contributed by atoms with E-state index in [1.165, 1.54) is 0 Å². The molecular formula is C11H14O4S. The van der Waals surface area contributed by atoms with Gasteiger partial charge in [0.25, 0.3) is 0 Å². The van der Waals surface area contributed by atoms with Crippen molar-refractivity contribution in [2.45, 2.75) is 43.1 Å². The summed E-state index contributed by atoms with van der Waals surface area (Å²) in [6.45, 7) is 5.22. The third kappa shape index (κ3) is 1.31. The van der Waals surface area contributed by atoms with Gasteiger partial charge in [-0.15, -0.1) is 0 Å². The van der Waals surface area contributed by atoms with E-state index >= 15 is 0 Å². The van der Waals surface area contributed by atoms with Crippen molar-refractivity contribution in [1.82, 2.24) is 0 Å². The fraction of sp³-hybridized carbons (Fsp3) is 0.727. The van der Waals surface area contributed by atoms with Crippen LogP contribution >= 0.6 is 0 Å². The minimum absolute atomic E-state index is 0.0255. The molecule has 0 spiro atoms. The summed E-state index contributed by atoms with van der Waals surface area (Å²) in [7, 11) is 0. The first kappa shape index (κ1) is 10.5. The minimum atomic E-state index is -1.18. The molecule has 3 aliphatic rings. The molecule has 4 nitrogen and oxygen atoms in total.